The number of hydrogen-bond donors (Lipinski definition) is 1. The zero-order chi connectivity index (χ0) is 13.3. The lowest BCUT2D eigenvalue weighted by molar-refractivity contribution is 0.765. The van der Waals surface area contributed by atoms with Crippen LogP contribution in [0.1, 0.15) is 0 Å². The van der Waals surface area contributed by atoms with E-state index in [-0.39, 0.29) is 5.95 Å². The Morgan fingerprint density at radius 1 is 1.39 bits per heavy atom. The lowest BCUT2D eigenvalue weighted by Crippen LogP contribution is -2.32. The Hall–Kier alpha value is -1.92. The predicted octanol–water partition coefficient (Wildman–Crippen LogP) is 0.806. The van der Waals surface area contributed by atoms with Crippen LogP contribution in [0.4, 0.5) is 5.95 Å². The van der Waals surface area contributed by atoms with E-state index in [1.165, 1.54) is 9.58 Å². The molecule has 0 aliphatic carbocycles. The van der Waals surface area contributed by atoms with Gasteiger partial charge in [-0.05, 0) is 12.1 Å². The van der Waals surface area contributed by atoms with Gasteiger partial charge in [0.25, 0.3) is 0 Å². The van der Waals surface area contributed by atoms with Gasteiger partial charge < -0.3 is 0 Å². The first kappa shape index (κ1) is 12.5. The molecule has 94 valence electrons. The molecule has 0 fully saturated rings. The summed E-state index contributed by atoms with van der Waals surface area (Å²) >= 11 is 5.92. The van der Waals surface area contributed by atoms with E-state index in [0.717, 1.165) is 5.56 Å². The fourth-order valence-electron chi connectivity index (χ4n) is 1.49. The van der Waals surface area contributed by atoms with Crippen molar-refractivity contribution in [3.8, 4) is 11.4 Å². The smallest absolute Gasteiger partial charge is 0.282 e. The van der Waals surface area contributed by atoms with E-state index in [9.17, 15) is 4.79 Å². The minimum absolute atomic E-state index is 0.160. The zero-order valence-corrected chi connectivity index (χ0v) is 10.7. The highest BCUT2D eigenvalue weighted by Crippen LogP contribution is 2.20. The highest BCUT2D eigenvalue weighted by molar-refractivity contribution is 6.30. The molecule has 2 rings (SSSR count). The van der Waals surface area contributed by atoms with Crippen molar-refractivity contribution in [2.75, 3.05) is 12.1 Å². The molecule has 0 saturated carbocycles. The van der Waals surface area contributed by atoms with E-state index in [1.807, 2.05) is 6.07 Å². The van der Waals surface area contributed by atoms with Gasteiger partial charge in [-0.25, -0.2) is 10.6 Å². The topological polar surface area (TPSA) is 77.0 Å². The Bertz CT molecular complexity index is 638. The number of hydrazine groups is 1. The molecule has 7 heteroatoms. The van der Waals surface area contributed by atoms with Gasteiger partial charge in [-0.2, -0.15) is 9.97 Å². The SMILES string of the molecule is CN(N)c1nc(-c2cccc(Cl)c2)n(C)c(=O)n1. The standard InChI is InChI=1S/C11H12ClN5O/c1-16-9(7-4-3-5-8(12)6-7)14-10(17(2)13)15-11(16)18/h3-6H,13H2,1-2H3. The summed E-state index contributed by atoms with van der Waals surface area (Å²) in [6.45, 7) is 0. The van der Waals surface area contributed by atoms with Crippen molar-refractivity contribution < 1.29 is 0 Å². The van der Waals surface area contributed by atoms with Gasteiger partial charge >= 0.3 is 5.69 Å². The van der Waals surface area contributed by atoms with Crippen molar-refractivity contribution >= 4 is 17.5 Å². The minimum Gasteiger partial charge on any atom is -0.282 e. The number of rotatable bonds is 2. The number of benzene rings is 1. The van der Waals surface area contributed by atoms with Crippen LogP contribution in [-0.4, -0.2) is 21.6 Å². The molecule has 0 aliphatic rings. The Morgan fingerprint density at radius 2 is 2.11 bits per heavy atom. The molecule has 0 atom stereocenters. The monoisotopic (exact) mass is 265 g/mol. The van der Waals surface area contributed by atoms with Crippen LogP contribution in [-0.2, 0) is 7.05 Å². The van der Waals surface area contributed by atoms with Crippen molar-refractivity contribution in [1.29, 1.82) is 0 Å². The summed E-state index contributed by atoms with van der Waals surface area (Å²) in [6, 6.07) is 7.08. The van der Waals surface area contributed by atoms with Crippen LogP contribution < -0.4 is 16.5 Å². The van der Waals surface area contributed by atoms with Gasteiger partial charge in [0.2, 0.25) is 5.95 Å². The Labute approximate surface area is 109 Å². The predicted molar refractivity (Wildman–Crippen MR) is 70.3 cm³/mol. The third-order valence-electron chi connectivity index (χ3n) is 2.40. The fraction of sp³-hybridized carbons (Fsp3) is 0.182. The number of anilines is 1. The molecule has 0 radical (unpaired) electrons. The van der Waals surface area contributed by atoms with Gasteiger partial charge in [-0.3, -0.25) is 9.58 Å². The van der Waals surface area contributed by atoms with E-state index in [0.29, 0.717) is 10.8 Å². The van der Waals surface area contributed by atoms with Gasteiger partial charge in [0, 0.05) is 24.7 Å². The fourth-order valence-corrected chi connectivity index (χ4v) is 1.68. The van der Waals surface area contributed by atoms with E-state index in [4.69, 9.17) is 17.4 Å². The van der Waals surface area contributed by atoms with E-state index < -0.39 is 5.69 Å². The Kier molecular flexibility index (Phi) is 3.31. The van der Waals surface area contributed by atoms with Crippen LogP contribution in [0.25, 0.3) is 11.4 Å². The molecule has 0 saturated heterocycles. The second kappa shape index (κ2) is 4.75. The van der Waals surface area contributed by atoms with Crippen LogP contribution >= 0.6 is 11.6 Å². The van der Waals surface area contributed by atoms with Crippen molar-refractivity contribution in [3.63, 3.8) is 0 Å². The molecule has 0 amide bonds. The largest absolute Gasteiger partial charge is 0.352 e. The molecule has 1 aromatic heterocycles. The first-order valence-corrected chi connectivity index (χ1v) is 5.56. The first-order chi connectivity index (χ1) is 8.49. The molecule has 0 spiro atoms. The summed E-state index contributed by atoms with van der Waals surface area (Å²) in [5.41, 5.74) is 0.305. The minimum atomic E-state index is -0.424. The van der Waals surface area contributed by atoms with Gasteiger partial charge in [0.1, 0.15) is 5.82 Å². The number of nitrogens with zero attached hydrogens (tertiary/aromatic N) is 4. The number of hydrogen-bond acceptors (Lipinski definition) is 5. The molecule has 0 aliphatic heterocycles. The van der Waals surface area contributed by atoms with E-state index in [2.05, 4.69) is 9.97 Å². The summed E-state index contributed by atoms with van der Waals surface area (Å²) < 4.78 is 1.35. The number of halogens is 1. The van der Waals surface area contributed by atoms with Crippen LogP contribution in [0.3, 0.4) is 0 Å². The highest BCUT2D eigenvalue weighted by Gasteiger charge is 2.11. The molecular formula is C11H12ClN5O. The molecule has 2 N–H and O–H groups in total. The lowest BCUT2D eigenvalue weighted by Gasteiger charge is -2.13. The molecule has 6 nitrogen and oxygen atoms in total. The first-order valence-electron chi connectivity index (χ1n) is 5.18. The quantitative estimate of drug-likeness (QED) is 0.642. The third kappa shape index (κ3) is 2.34. The molecule has 2 aromatic rings. The second-order valence-corrected chi connectivity index (χ2v) is 4.25. The van der Waals surface area contributed by atoms with Gasteiger partial charge in [0.05, 0.1) is 0 Å². The average Bonchev–Trinajstić information content (AvgIpc) is 2.32. The van der Waals surface area contributed by atoms with Crippen molar-refractivity contribution in [2.24, 2.45) is 12.9 Å². The van der Waals surface area contributed by atoms with Crippen LogP contribution in [0.5, 0.6) is 0 Å². The summed E-state index contributed by atoms with van der Waals surface area (Å²) in [4.78, 5) is 19.7. The molecule has 1 heterocycles. The Balaban J connectivity index is 2.67. The summed E-state index contributed by atoms with van der Waals surface area (Å²) in [5, 5.41) is 1.76. The molecule has 1 aromatic carbocycles. The molecule has 0 unspecified atom stereocenters. The van der Waals surface area contributed by atoms with Crippen molar-refractivity contribution in [2.45, 2.75) is 0 Å². The van der Waals surface area contributed by atoms with Gasteiger partial charge in [0.15, 0.2) is 0 Å². The van der Waals surface area contributed by atoms with Crippen molar-refractivity contribution in [1.82, 2.24) is 14.5 Å². The number of nitrogens with two attached hydrogens (primary N) is 1. The summed E-state index contributed by atoms with van der Waals surface area (Å²) in [7, 11) is 3.16. The average molecular weight is 266 g/mol. The highest BCUT2D eigenvalue weighted by atomic mass is 35.5. The third-order valence-corrected chi connectivity index (χ3v) is 2.64. The maximum atomic E-state index is 11.7. The zero-order valence-electron chi connectivity index (χ0n) is 9.96. The van der Waals surface area contributed by atoms with Crippen molar-refractivity contribution in [3.05, 3.63) is 39.8 Å². The summed E-state index contributed by atoms with van der Waals surface area (Å²) in [6.07, 6.45) is 0. The molecule has 18 heavy (non-hydrogen) atoms. The van der Waals surface area contributed by atoms with Crippen LogP contribution in [0.2, 0.25) is 5.02 Å². The maximum Gasteiger partial charge on any atom is 0.352 e. The normalized spacial score (nSPS) is 10.4. The van der Waals surface area contributed by atoms with E-state index >= 15 is 0 Å². The van der Waals surface area contributed by atoms with Crippen LogP contribution in [0, 0.1) is 0 Å². The lowest BCUT2D eigenvalue weighted by atomic mass is 10.2. The molecule has 0 bridgehead atoms. The van der Waals surface area contributed by atoms with Crippen LogP contribution in [0.15, 0.2) is 29.1 Å². The maximum absolute atomic E-state index is 11.7. The Morgan fingerprint density at radius 3 is 2.72 bits per heavy atom. The van der Waals surface area contributed by atoms with E-state index in [1.54, 1.807) is 32.3 Å². The number of aromatic nitrogens is 3. The second-order valence-electron chi connectivity index (χ2n) is 3.81. The van der Waals surface area contributed by atoms with Gasteiger partial charge in [-0.15, -0.1) is 0 Å². The van der Waals surface area contributed by atoms with Gasteiger partial charge in [-0.1, -0.05) is 23.7 Å². The summed E-state index contributed by atoms with van der Waals surface area (Å²) in [5.74, 6) is 6.17. The molecular weight excluding hydrogens is 254 g/mol.